The highest BCUT2D eigenvalue weighted by atomic mass is 16.5. The fourth-order valence-electron chi connectivity index (χ4n) is 7.03. The van der Waals surface area contributed by atoms with Crippen molar-refractivity contribution in [2.45, 2.75) is 31.7 Å². The average molecular weight is 608 g/mol. The fourth-order valence-corrected chi connectivity index (χ4v) is 7.03. The number of allylic oxidation sites excluding steroid dienone is 1. The Morgan fingerprint density at radius 2 is 1.89 bits per heavy atom. The third-order valence-electron chi connectivity index (χ3n) is 8.96. The van der Waals surface area contributed by atoms with Crippen LogP contribution in [0.25, 0.3) is 11.6 Å². The summed E-state index contributed by atoms with van der Waals surface area (Å²) in [6.45, 7) is 0.259. The fraction of sp³-hybridized carbons (Fsp3) is 0.303. The number of fused-ring (bicyclic) bond motifs is 3. The molecule has 2 saturated heterocycles. The van der Waals surface area contributed by atoms with Gasteiger partial charge in [0.25, 0.3) is 0 Å². The molecule has 0 spiro atoms. The van der Waals surface area contributed by atoms with E-state index in [1.54, 1.807) is 37.6 Å². The van der Waals surface area contributed by atoms with Crippen molar-refractivity contribution in [3.8, 4) is 5.75 Å². The van der Waals surface area contributed by atoms with Gasteiger partial charge in [-0.15, -0.1) is 0 Å². The maximum absolute atomic E-state index is 14.0. The van der Waals surface area contributed by atoms with Gasteiger partial charge in [-0.3, -0.25) is 19.5 Å². The Bertz CT molecular complexity index is 1630. The van der Waals surface area contributed by atoms with E-state index in [1.807, 2.05) is 36.4 Å². The summed E-state index contributed by atoms with van der Waals surface area (Å²) in [4.78, 5) is 33.5. The first kappa shape index (κ1) is 30.9. The molecule has 6 rings (SSSR count). The summed E-state index contributed by atoms with van der Waals surface area (Å²) in [5.41, 5.74) is 4.87. The van der Waals surface area contributed by atoms with Gasteiger partial charge in [0.05, 0.1) is 35.9 Å². The van der Waals surface area contributed by atoms with Gasteiger partial charge in [-0.1, -0.05) is 30.3 Å². The Morgan fingerprint density at radius 3 is 2.60 bits per heavy atom. The number of carbonyl (C=O) groups is 2. The smallest absolute Gasteiger partial charge is 0.488 e. The monoisotopic (exact) mass is 608 g/mol. The van der Waals surface area contributed by atoms with Gasteiger partial charge in [0, 0.05) is 13.3 Å². The lowest BCUT2D eigenvalue weighted by Gasteiger charge is -2.43. The number of nitrogens with zero attached hydrogens (tertiary/aromatic N) is 2. The number of imide groups is 1. The lowest BCUT2D eigenvalue weighted by molar-refractivity contribution is -0.122. The number of aromatic nitrogens is 1. The number of hydrogen-bond acceptors (Lipinski definition) is 9. The maximum atomic E-state index is 14.0. The van der Waals surface area contributed by atoms with Crippen LogP contribution < -0.4 is 10.4 Å². The molecule has 0 radical (unpaired) electrons. The second kappa shape index (κ2) is 13.1. The maximum Gasteiger partial charge on any atom is 0.488 e. The summed E-state index contributed by atoms with van der Waals surface area (Å²) in [6.07, 6.45) is 4.71. The summed E-state index contributed by atoms with van der Waals surface area (Å²) in [6, 6.07) is 18.7. The zero-order valence-corrected chi connectivity index (χ0v) is 24.8. The predicted molar refractivity (Wildman–Crippen MR) is 170 cm³/mol. The van der Waals surface area contributed by atoms with Crippen molar-refractivity contribution in [3.05, 3.63) is 95.3 Å². The Morgan fingerprint density at radius 1 is 1.09 bits per heavy atom. The van der Waals surface area contributed by atoms with Crippen LogP contribution in [0.15, 0.2) is 84.1 Å². The SMILES string of the molecule is COCC1=C2[C@@H](CC/C(=C/c3ccc(O)cc3)c3ccccn3)OB(O)C[C@@H]2[C@@H]2C(=O)N(c3cccc(B(O)O)c3)C(=O)[C@@H]2C1. The first-order valence-electron chi connectivity index (χ1n) is 15.0. The number of carbonyl (C=O) groups excluding carboxylic acids is 2. The highest BCUT2D eigenvalue weighted by molar-refractivity contribution is 6.58. The van der Waals surface area contributed by atoms with Gasteiger partial charge in [-0.2, -0.15) is 0 Å². The molecule has 10 nitrogen and oxygen atoms in total. The molecule has 1 aliphatic carbocycles. The van der Waals surface area contributed by atoms with E-state index in [-0.39, 0.29) is 41.6 Å². The van der Waals surface area contributed by atoms with Crippen LogP contribution in [0.2, 0.25) is 6.32 Å². The van der Waals surface area contributed by atoms with Crippen LogP contribution in [-0.2, 0) is 19.0 Å². The Labute approximate surface area is 261 Å². The molecule has 0 unspecified atom stereocenters. The van der Waals surface area contributed by atoms with Crippen LogP contribution in [-0.4, -0.2) is 71.0 Å². The van der Waals surface area contributed by atoms with Gasteiger partial charge >= 0.3 is 14.2 Å². The topological polar surface area (TPSA) is 150 Å². The Kier molecular flexibility index (Phi) is 9.02. The molecule has 1 aromatic heterocycles. The summed E-state index contributed by atoms with van der Waals surface area (Å²) in [5, 5.41) is 40.0. The molecule has 2 aromatic carbocycles. The van der Waals surface area contributed by atoms with Crippen molar-refractivity contribution < 1.29 is 39.2 Å². The van der Waals surface area contributed by atoms with Crippen molar-refractivity contribution in [3.63, 3.8) is 0 Å². The van der Waals surface area contributed by atoms with Crippen molar-refractivity contribution in [2.24, 2.45) is 17.8 Å². The number of benzene rings is 2. The number of amides is 2. The number of ether oxygens (including phenoxy) is 1. The second-order valence-electron chi connectivity index (χ2n) is 11.7. The van der Waals surface area contributed by atoms with Crippen LogP contribution in [0.3, 0.4) is 0 Å². The first-order valence-corrected chi connectivity index (χ1v) is 15.0. The van der Waals surface area contributed by atoms with Crippen LogP contribution in [0.4, 0.5) is 5.69 Å². The standard InChI is InChI=1S/C33H34B2N2O8/c1-44-19-22-16-26-31(33(40)37(32(26)39)24-6-4-5-23(17-24)35(42)43)27-18-34(41)45-29(30(22)27)13-10-21(28-7-2-3-14-36-28)15-20-8-11-25(38)12-9-20/h2-9,11-12,14-15,17,26-27,29,31,38,41-43H,10,13,16,18-19H2,1H3/b21-15-/t26-,27+,29-,31-/m1/s1. The number of anilines is 1. The number of phenols is 1. The zero-order valence-electron chi connectivity index (χ0n) is 24.8. The number of rotatable bonds is 9. The van der Waals surface area contributed by atoms with Crippen molar-refractivity contribution >= 4 is 48.9 Å². The van der Waals surface area contributed by atoms with Crippen molar-refractivity contribution in [1.29, 1.82) is 0 Å². The highest BCUT2D eigenvalue weighted by Gasteiger charge is 2.57. The summed E-state index contributed by atoms with van der Waals surface area (Å²) in [5.74, 6) is -2.32. The van der Waals surface area contributed by atoms with Crippen LogP contribution in [0, 0.1) is 17.8 Å². The molecule has 3 heterocycles. The Balaban J connectivity index is 1.32. The molecule has 4 N–H and O–H groups in total. The van der Waals surface area contributed by atoms with E-state index >= 15 is 0 Å². The van der Waals surface area contributed by atoms with Gasteiger partial charge in [0.1, 0.15) is 5.75 Å². The molecule has 0 saturated carbocycles. The third kappa shape index (κ3) is 6.25. The van der Waals surface area contributed by atoms with Gasteiger partial charge in [-0.05, 0) is 102 Å². The molecular formula is C33H34B2N2O8. The molecule has 0 bridgehead atoms. The molecular weight excluding hydrogens is 574 g/mol. The number of pyridine rings is 1. The first-order chi connectivity index (χ1) is 21.7. The van der Waals surface area contributed by atoms with Gasteiger partial charge in [0.15, 0.2) is 0 Å². The normalized spacial score (nSPS) is 23.3. The molecule has 2 amide bonds. The van der Waals surface area contributed by atoms with Crippen molar-refractivity contribution in [1.82, 2.24) is 4.98 Å². The molecule has 12 heteroatoms. The van der Waals surface area contributed by atoms with E-state index in [0.717, 1.165) is 32.9 Å². The molecule has 4 atom stereocenters. The highest BCUT2D eigenvalue weighted by Crippen LogP contribution is 2.51. The second-order valence-corrected chi connectivity index (χ2v) is 11.7. The minimum Gasteiger partial charge on any atom is -0.508 e. The molecule has 2 aliphatic heterocycles. The van der Waals surface area contributed by atoms with E-state index in [2.05, 4.69) is 4.98 Å². The van der Waals surface area contributed by atoms with Gasteiger partial charge in [-0.25, -0.2) is 0 Å². The number of aromatic hydroxyl groups is 1. The summed E-state index contributed by atoms with van der Waals surface area (Å²) in [7, 11) is -1.29. The van der Waals surface area contributed by atoms with E-state index < -0.39 is 38.1 Å². The zero-order chi connectivity index (χ0) is 31.7. The summed E-state index contributed by atoms with van der Waals surface area (Å²) < 4.78 is 11.7. The molecule has 3 aromatic rings. The van der Waals surface area contributed by atoms with E-state index in [1.165, 1.54) is 12.1 Å². The Hall–Kier alpha value is -4.06. The van der Waals surface area contributed by atoms with Crippen LogP contribution in [0.1, 0.15) is 30.5 Å². The third-order valence-corrected chi connectivity index (χ3v) is 8.96. The van der Waals surface area contributed by atoms with Gasteiger partial charge < -0.3 is 29.6 Å². The lowest BCUT2D eigenvalue weighted by atomic mass is 9.58. The van der Waals surface area contributed by atoms with E-state index in [0.29, 0.717) is 19.3 Å². The minimum atomic E-state index is -1.74. The number of methoxy groups -OCH3 is 1. The van der Waals surface area contributed by atoms with Crippen molar-refractivity contribution in [2.75, 3.05) is 18.6 Å². The van der Waals surface area contributed by atoms with Crippen LogP contribution >= 0.6 is 0 Å². The molecule has 45 heavy (non-hydrogen) atoms. The number of hydrogen-bond donors (Lipinski definition) is 4. The van der Waals surface area contributed by atoms with E-state index in [9.17, 15) is 29.8 Å². The average Bonchev–Trinajstić information content (AvgIpc) is 3.29. The molecule has 230 valence electrons. The quantitative estimate of drug-likeness (QED) is 0.163. The molecule has 3 aliphatic rings. The molecule has 2 fully saturated rings. The minimum absolute atomic E-state index is 0.166. The summed E-state index contributed by atoms with van der Waals surface area (Å²) >= 11 is 0. The predicted octanol–water partition coefficient (Wildman–Crippen LogP) is 2.44. The van der Waals surface area contributed by atoms with Crippen LogP contribution in [0.5, 0.6) is 5.75 Å². The lowest BCUT2D eigenvalue weighted by Crippen LogP contribution is -2.46. The van der Waals surface area contributed by atoms with Gasteiger partial charge in [0.2, 0.25) is 11.8 Å². The largest absolute Gasteiger partial charge is 0.508 e. The van der Waals surface area contributed by atoms with E-state index in [4.69, 9.17) is 9.39 Å². The number of phenolic OH excluding ortho intramolecular Hbond substituents is 1.